The van der Waals surface area contributed by atoms with Crippen molar-refractivity contribution in [3.63, 3.8) is 0 Å². The van der Waals surface area contributed by atoms with Crippen LogP contribution in [0.5, 0.6) is 0 Å². The smallest absolute Gasteiger partial charge is 0.123 e. The van der Waals surface area contributed by atoms with Crippen LogP contribution in [0.1, 0.15) is 41.1 Å². The first kappa shape index (κ1) is 19.5. The molecule has 0 unspecified atom stereocenters. The Balaban J connectivity index is 1.29. The molecule has 2 heterocycles. The molecule has 0 radical (unpaired) electrons. The van der Waals surface area contributed by atoms with Crippen LogP contribution in [0.2, 0.25) is 0 Å². The topological polar surface area (TPSA) is 6.48 Å². The van der Waals surface area contributed by atoms with E-state index in [-0.39, 0.29) is 5.82 Å². The van der Waals surface area contributed by atoms with E-state index in [1.807, 2.05) is 6.07 Å². The van der Waals surface area contributed by atoms with Crippen molar-refractivity contribution in [1.82, 2.24) is 9.80 Å². The highest BCUT2D eigenvalue weighted by Gasteiger charge is 2.31. The lowest BCUT2D eigenvalue weighted by Crippen LogP contribution is -2.47. The molecule has 0 aromatic heterocycles. The van der Waals surface area contributed by atoms with Crippen molar-refractivity contribution in [1.29, 1.82) is 0 Å². The predicted octanol–water partition coefficient (Wildman–Crippen LogP) is 5.44. The number of likely N-dealkylation sites (tertiary alicyclic amines) is 1. The van der Waals surface area contributed by atoms with Gasteiger partial charge in [0.15, 0.2) is 0 Å². The van der Waals surface area contributed by atoms with Gasteiger partial charge < -0.3 is 0 Å². The second-order valence-corrected chi connectivity index (χ2v) is 8.62. The van der Waals surface area contributed by atoms with Gasteiger partial charge in [0, 0.05) is 32.2 Å². The number of benzene rings is 3. The Labute approximate surface area is 179 Å². The summed E-state index contributed by atoms with van der Waals surface area (Å²) in [7, 11) is 0. The third-order valence-corrected chi connectivity index (χ3v) is 6.82. The van der Waals surface area contributed by atoms with Gasteiger partial charge in [-0.3, -0.25) is 9.80 Å². The highest BCUT2D eigenvalue weighted by atomic mass is 19.1. The van der Waals surface area contributed by atoms with Crippen molar-refractivity contribution in [2.75, 3.05) is 19.6 Å². The van der Waals surface area contributed by atoms with E-state index in [0.717, 1.165) is 32.6 Å². The Hall–Kier alpha value is -2.49. The molecule has 3 heteroatoms. The van der Waals surface area contributed by atoms with Crippen LogP contribution in [0, 0.1) is 5.82 Å². The first-order valence-electron chi connectivity index (χ1n) is 11.1. The molecular weight excluding hydrogens is 371 g/mol. The number of rotatable bonds is 4. The van der Waals surface area contributed by atoms with E-state index in [1.165, 1.54) is 35.1 Å². The minimum absolute atomic E-state index is 0.108. The second-order valence-electron chi connectivity index (χ2n) is 8.62. The van der Waals surface area contributed by atoms with E-state index < -0.39 is 0 Å². The molecule has 0 atom stereocenters. The molecule has 0 amide bonds. The van der Waals surface area contributed by atoms with Gasteiger partial charge in [0.2, 0.25) is 0 Å². The molecule has 2 aliphatic rings. The Morgan fingerprint density at radius 2 is 1.37 bits per heavy atom. The third kappa shape index (κ3) is 4.05. The van der Waals surface area contributed by atoms with Crippen molar-refractivity contribution < 1.29 is 4.39 Å². The highest BCUT2D eigenvalue weighted by Crippen LogP contribution is 2.33. The molecule has 0 N–H and O–H groups in total. The maximum absolute atomic E-state index is 13.5. The molecule has 0 bridgehead atoms. The van der Waals surface area contributed by atoms with Crippen LogP contribution in [-0.2, 0) is 13.0 Å². The summed E-state index contributed by atoms with van der Waals surface area (Å²) < 4.78 is 13.5. The summed E-state index contributed by atoms with van der Waals surface area (Å²) in [5, 5.41) is 0. The number of piperidine rings is 1. The van der Waals surface area contributed by atoms with Crippen LogP contribution < -0.4 is 0 Å². The van der Waals surface area contributed by atoms with Gasteiger partial charge in [-0.1, -0.05) is 66.7 Å². The molecule has 3 aromatic rings. The molecule has 0 spiro atoms. The fraction of sp³-hybridized carbons (Fsp3) is 0.333. The summed E-state index contributed by atoms with van der Waals surface area (Å²) in [5.74, 6) is -0.108. The Morgan fingerprint density at radius 1 is 0.733 bits per heavy atom. The van der Waals surface area contributed by atoms with E-state index >= 15 is 0 Å². The molecule has 3 aromatic carbocycles. The fourth-order valence-electron chi connectivity index (χ4n) is 5.25. The Kier molecular flexibility index (Phi) is 5.65. The average Bonchev–Trinajstić information content (AvgIpc) is 2.81. The zero-order valence-electron chi connectivity index (χ0n) is 17.4. The molecule has 154 valence electrons. The minimum atomic E-state index is -0.108. The molecule has 2 aliphatic heterocycles. The van der Waals surface area contributed by atoms with Crippen molar-refractivity contribution in [3.05, 3.63) is 107 Å². The minimum Gasteiger partial charge on any atom is -0.296 e. The van der Waals surface area contributed by atoms with Crippen LogP contribution in [-0.4, -0.2) is 35.5 Å². The van der Waals surface area contributed by atoms with Gasteiger partial charge in [-0.05, 0) is 53.6 Å². The van der Waals surface area contributed by atoms with Gasteiger partial charge in [0.25, 0.3) is 0 Å². The zero-order chi connectivity index (χ0) is 20.3. The van der Waals surface area contributed by atoms with Gasteiger partial charge in [-0.2, -0.15) is 0 Å². The van der Waals surface area contributed by atoms with E-state index in [9.17, 15) is 4.39 Å². The quantitative estimate of drug-likeness (QED) is 0.576. The lowest BCUT2D eigenvalue weighted by atomic mass is 9.92. The zero-order valence-corrected chi connectivity index (χ0v) is 17.4. The van der Waals surface area contributed by atoms with E-state index in [4.69, 9.17) is 0 Å². The number of hydrogen-bond acceptors (Lipinski definition) is 2. The summed E-state index contributed by atoms with van der Waals surface area (Å²) in [5.41, 5.74) is 5.24. The number of halogens is 1. The number of nitrogens with zero attached hydrogens (tertiary/aromatic N) is 2. The van der Waals surface area contributed by atoms with Crippen LogP contribution in [0.25, 0.3) is 0 Å². The summed E-state index contributed by atoms with van der Waals surface area (Å²) in [4.78, 5) is 5.27. The largest absolute Gasteiger partial charge is 0.296 e. The summed E-state index contributed by atoms with van der Waals surface area (Å²) in [6.07, 6.45) is 3.34. The molecule has 5 rings (SSSR count). The lowest BCUT2D eigenvalue weighted by Gasteiger charge is -2.43. The summed E-state index contributed by atoms with van der Waals surface area (Å²) >= 11 is 0. The van der Waals surface area contributed by atoms with Crippen LogP contribution in [0.3, 0.4) is 0 Å². The molecule has 0 aliphatic carbocycles. The van der Waals surface area contributed by atoms with Crippen molar-refractivity contribution in [2.45, 2.75) is 37.9 Å². The second kappa shape index (κ2) is 8.71. The van der Waals surface area contributed by atoms with E-state index in [0.29, 0.717) is 12.1 Å². The third-order valence-electron chi connectivity index (χ3n) is 6.82. The van der Waals surface area contributed by atoms with Crippen LogP contribution in [0.4, 0.5) is 4.39 Å². The van der Waals surface area contributed by atoms with Gasteiger partial charge in [-0.15, -0.1) is 0 Å². The maximum atomic E-state index is 13.5. The molecule has 2 nitrogen and oxygen atoms in total. The average molecular weight is 401 g/mol. The van der Waals surface area contributed by atoms with E-state index in [1.54, 1.807) is 12.1 Å². The van der Waals surface area contributed by atoms with Gasteiger partial charge in [0.05, 0.1) is 6.04 Å². The Morgan fingerprint density at radius 3 is 2.00 bits per heavy atom. The first-order valence-corrected chi connectivity index (χ1v) is 11.1. The fourth-order valence-corrected chi connectivity index (χ4v) is 5.25. The van der Waals surface area contributed by atoms with Crippen molar-refractivity contribution in [3.8, 4) is 0 Å². The highest BCUT2D eigenvalue weighted by molar-refractivity contribution is 5.32. The standard InChI is InChI=1S/C27H29FN2/c28-25-12-11-24-20-30(16-13-23(24)19-25)26-14-17-29(18-15-26)27(21-7-3-1-4-8-21)22-9-5-2-6-10-22/h1-12,19,26-27H,13-18,20H2. The van der Waals surface area contributed by atoms with Crippen LogP contribution in [0.15, 0.2) is 78.9 Å². The number of fused-ring (bicyclic) bond motifs is 1. The maximum Gasteiger partial charge on any atom is 0.123 e. The van der Waals surface area contributed by atoms with Crippen molar-refractivity contribution >= 4 is 0 Å². The Bertz CT molecular complexity index is 925. The summed E-state index contributed by atoms with van der Waals surface area (Å²) in [6.45, 7) is 4.21. The van der Waals surface area contributed by atoms with Gasteiger partial charge in [-0.25, -0.2) is 4.39 Å². The molecule has 30 heavy (non-hydrogen) atoms. The molecular formula is C27H29FN2. The SMILES string of the molecule is Fc1ccc2c(c1)CCN(C1CCN(C(c3ccccc3)c3ccccc3)CC1)C2. The van der Waals surface area contributed by atoms with Crippen LogP contribution >= 0.6 is 0 Å². The van der Waals surface area contributed by atoms with Gasteiger partial charge >= 0.3 is 0 Å². The molecule has 1 saturated heterocycles. The number of hydrogen-bond donors (Lipinski definition) is 0. The van der Waals surface area contributed by atoms with Gasteiger partial charge in [0.1, 0.15) is 5.82 Å². The predicted molar refractivity (Wildman–Crippen MR) is 120 cm³/mol. The van der Waals surface area contributed by atoms with Crippen molar-refractivity contribution in [2.24, 2.45) is 0 Å². The monoisotopic (exact) mass is 400 g/mol. The molecule has 0 saturated carbocycles. The normalized spacial score (nSPS) is 18.5. The lowest BCUT2D eigenvalue weighted by molar-refractivity contribution is 0.0842. The first-order chi connectivity index (χ1) is 14.8. The molecule has 1 fully saturated rings. The van der Waals surface area contributed by atoms with E-state index in [2.05, 4.69) is 70.5 Å². The summed E-state index contributed by atoms with van der Waals surface area (Å²) in [6, 6.07) is 28.0.